The smallest absolute Gasteiger partial charge is 0.337 e. The van der Waals surface area contributed by atoms with Gasteiger partial charge in [0.25, 0.3) is 5.91 Å². The molecule has 2 aromatic rings. The van der Waals surface area contributed by atoms with Gasteiger partial charge >= 0.3 is 6.03 Å². The first-order valence-electron chi connectivity index (χ1n) is 8.10. The van der Waals surface area contributed by atoms with Crippen LogP contribution in [0.4, 0.5) is 10.5 Å². The largest absolute Gasteiger partial charge is 0.483 e. The van der Waals surface area contributed by atoms with Gasteiger partial charge in [-0.2, -0.15) is 0 Å². The number of benzene rings is 2. The van der Waals surface area contributed by atoms with Crippen LogP contribution in [0.25, 0.3) is 0 Å². The molecule has 0 aliphatic heterocycles. The molecule has 0 unspecified atom stereocenters. The van der Waals surface area contributed by atoms with Crippen molar-refractivity contribution < 1.29 is 14.3 Å². The second kappa shape index (κ2) is 8.73. The van der Waals surface area contributed by atoms with Gasteiger partial charge in [-0.25, -0.2) is 10.2 Å². The molecule has 0 heterocycles. The van der Waals surface area contributed by atoms with Crippen LogP contribution < -0.4 is 20.9 Å². The maximum atomic E-state index is 11.8. The lowest BCUT2D eigenvalue weighted by Crippen LogP contribution is -2.45. The van der Waals surface area contributed by atoms with E-state index in [9.17, 15) is 9.59 Å². The molecule has 3 amide bonds. The quantitative estimate of drug-likeness (QED) is 0.730. The number of carbonyl (C=O) groups excluding carboxylic acids is 2. The number of hydrazine groups is 1. The van der Waals surface area contributed by atoms with Crippen molar-refractivity contribution in [2.24, 2.45) is 0 Å². The van der Waals surface area contributed by atoms with Crippen molar-refractivity contribution in [1.82, 2.24) is 10.9 Å². The van der Waals surface area contributed by atoms with Gasteiger partial charge in [-0.3, -0.25) is 10.2 Å². The molecule has 2 rings (SSSR count). The molecule has 0 saturated carbocycles. The lowest BCUT2D eigenvalue weighted by atomic mass is 10.0. The first-order chi connectivity index (χ1) is 12.0. The first-order valence-corrected chi connectivity index (χ1v) is 8.10. The summed E-state index contributed by atoms with van der Waals surface area (Å²) in [4.78, 5) is 23.5. The number of rotatable bonds is 5. The number of amides is 3. The fourth-order valence-corrected chi connectivity index (χ4v) is 2.12. The lowest BCUT2D eigenvalue weighted by Gasteiger charge is -2.13. The Balaban J connectivity index is 1.79. The van der Waals surface area contributed by atoms with Gasteiger partial charge in [-0.1, -0.05) is 44.2 Å². The highest BCUT2D eigenvalue weighted by molar-refractivity contribution is 5.91. The molecule has 0 aliphatic carbocycles. The third-order valence-corrected chi connectivity index (χ3v) is 3.58. The summed E-state index contributed by atoms with van der Waals surface area (Å²) in [7, 11) is 0. The Morgan fingerprint density at radius 1 is 1.04 bits per heavy atom. The van der Waals surface area contributed by atoms with Crippen LogP contribution in [0.1, 0.15) is 30.9 Å². The van der Waals surface area contributed by atoms with Crippen LogP contribution in [0.5, 0.6) is 5.75 Å². The van der Waals surface area contributed by atoms with Crippen molar-refractivity contribution in [1.29, 1.82) is 0 Å². The van der Waals surface area contributed by atoms with E-state index in [0.29, 0.717) is 17.4 Å². The number of urea groups is 1. The van der Waals surface area contributed by atoms with E-state index in [-0.39, 0.29) is 6.61 Å². The Hall–Kier alpha value is -3.02. The summed E-state index contributed by atoms with van der Waals surface area (Å²) >= 11 is 0. The zero-order valence-corrected chi connectivity index (χ0v) is 14.6. The molecular weight excluding hydrogens is 318 g/mol. The minimum atomic E-state index is -0.530. The topological polar surface area (TPSA) is 79.5 Å². The predicted molar refractivity (Wildman–Crippen MR) is 97.5 cm³/mol. The molecule has 0 atom stereocenters. The maximum absolute atomic E-state index is 11.8. The number of para-hydroxylation sites is 1. The molecule has 0 fully saturated rings. The van der Waals surface area contributed by atoms with Gasteiger partial charge < -0.3 is 10.1 Å². The van der Waals surface area contributed by atoms with Gasteiger partial charge in [-0.05, 0) is 42.2 Å². The van der Waals surface area contributed by atoms with Crippen LogP contribution in [0.2, 0.25) is 0 Å². The van der Waals surface area contributed by atoms with E-state index >= 15 is 0 Å². The van der Waals surface area contributed by atoms with E-state index in [1.54, 1.807) is 24.3 Å². The van der Waals surface area contributed by atoms with Gasteiger partial charge in [0, 0.05) is 5.69 Å². The summed E-state index contributed by atoms with van der Waals surface area (Å²) in [6.07, 6.45) is 0. The summed E-state index contributed by atoms with van der Waals surface area (Å²) in [6, 6.07) is 14.4. The molecule has 3 N–H and O–H groups in total. The maximum Gasteiger partial charge on any atom is 0.337 e. The zero-order chi connectivity index (χ0) is 18.2. The molecule has 2 aromatic carbocycles. The van der Waals surface area contributed by atoms with E-state index in [0.717, 1.165) is 11.1 Å². The highest BCUT2D eigenvalue weighted by Crippen LogP contribution is 2.24. The molecule has 0 aromatic heterocycles. The molecular formula is C19H23N3O3. The minimum Gasteiger partial charge on any atom is -0.483 e. The summed E-state index contributed by atoms with van der Waals surface area (Å²) in [5.41, 5.74) is 7.31. The van der Waals surface area contributed by atoms with Gasteiger partial charge in [0.1, 0.15) is 5.75 Å². The minimum absolute atomic E-state index is 0.187. The Kier molecular flexibility index (Phi) is 6.39. The van der Waals surface area contributed by atoms with E-state index in [1.165, 1.54) is 0 Å². The summed E-state index contributed by atoms with van der Waals surface area (Å²) < 4.78 is 5.56. The van der Waals surface area contributed by atoms with E-state index in [2.05, 4.69) is 30.0 Å². The molecule has 0 aliphatic rings. The number of anilines is 1. The van der Waals surface area contributed by atoms with Crippen LogP contribution in [0.15, 0.2) is 48.5 Å². The average Bonchev–Trinajstić information content (AvgIpc) is 2.60. The number of aryl methyl sites for hydroxylation is 1. The summed E-state index contributed by atoms with van der Waals surface area (Å²) in [5.74, 6) is 0.591. The monoisotopic (exact) mass is 341 g/mol. The Morgan fingerprint density at radius 3 is 2.44 bits per heavy atom. The third-order valence-electron chi connectivity index (χ3n) is 3.58. The summed E-state index contributed by atoms with van der Waals surface area (Å²) in [5, 5.41) is 2.59. The fraction of sp³-hybridized carbons (Fsp3) is 0.263. The van der Waals surface area contributed by atoms with E-state index in [4.69, 9.17) is 4.74 Å². The molecule has 0 bridgehead atoms. The van der Waals surface area contributed by atoms with Crippen LogP contribution in [0, 0.1) is 6.92 Å². The van der Waals surface area contributed by atoms with Crippen molar-refractivity contribution in [3.05, 3.63) is 59.7 Å². The number of ether oxygens (including phenoxy) is 1. The third kappa shape index (κ3) is 5.84. The van der Waals surface area contributed by atoms with E-state index < -0.39 is 11.9 Å². The van der Waals surface area contributed by atoms with Crippen molar-refractivity contribution in [3.63, 3.8) is 0 Å². The molecule has 132 valence electrons. The lowest BCUT2D eigenvalue weighted by molar-refractivity contribution is -0.123. The SMILES string of the molecule is Cc1ccc(C(C)C)cc1OCC(=O)NNC(=O)Nc1ccccc1. The van der Waals surface area contributed by atoms with Crippen molar-refractivity contribution in [3.8, 4) is 5.75 Å². The van der Waals surface area contributed by atoms with E-state index in [1.807, 2.05) is 31.2 Å². The molecule has 0 spiro atoms. The first kappa shape index (κ1) is 18.3. The average molecular weight is 341 g/mol. The number of hydrogen-bond donors (Lipinski definition) is 3. The molecule has 6 heteroatoms. The second-order valence-electron chi connectivity index (χ2n) is 5.96. The van der Waals surface area contributed by atoms with Gasteiger partial charge in [0.15, 0.2) is 6.61 Å². The zero-order valence-electron chi connectivity index (χ0n) is 14.6. The molecule has 25 heavy (non-hydrogen) atoms. The molecule has 6 nitrogen and oxygen atoms in total. The highest BCUT2D eigenvalue weighted by Gasteiger charge is 2.09. The molecule has 0 saturated heterocycles. The van der Waals surface area contributed by atoms with Crippen molar-refractivity contribution in [2.75, 3.05) is 11.9 Å². The second-order valence-corrected chi connectivity index (χ2v) is 5.96. The highest BCUT2D eigenvalue weighted by atomic mass is 16.5. The van der Waals surface area contributed by atoms with Gasteiger partial charge in [-0.15, -0.1) is 0 Å². The van der Waals surface area contributed by atoms with Gasteiger partial charge in [0.2, 0.25) is 0 Å². The number of hydrogen-bond acceptors (Lipinski definition) is 3. The van der Waals surface area contributed by atoms with Crippen LogP contribution in [-0.4, -0.2) is 18.5 Å². The normalized spacial score (nSPS) is 10.2. The Labute approximate surface area is 147 Å². The predicted octanol–water partition coefficient (Wildman–Crippen LogP) is 3.35. The number of carbonyl (C=O) groups is 2. The Bertz CT molecular complexity index is 730. The van der Waals surface area contributed by atoms with Crippen molar-refractivity contribution in [2.45, 2.75) is 26.7 Å². The van der Waals surface area contributed by atoms with Crippen LogP contribution >= 0.6 is 0 Å². The Morgan fingerprint density at radius 2 is 1.76 bits per heavy atom. The standard InChI is InChI=1S/C19H23N3O3/c1-13(2)15-10-9-14(3)17(11-15)25-12-18(23)21-22-19(24)20-16-7-5-4-6-8-16/h4-11,13H,12H2,1-3H3,(H,21,23)(H2,20,22,24). The van der Waals surface area contributed by atoms with Crippen molar-refractivity contribution >= 4 is 17.6 Å². The van der Waals surface area contributed by atoms with Crippen LogP contribution in [0.3, 0.4) is 0 Å². The summed E-state index contributed by atoms with van der Waals surface area (Å²) in [6.45, 7) is 5.92. The fourth-order valence-electron chi connectivity index (χ4n) is 2.12. The van der Waals surface area contributed by atoms with Crippen LogP contribution in [-0.2, 0) is 4.79 Å². The number of nitrogens with one attached hydrogen (secondary N) is 3. The van der Waals surface area contributed by atoms with Gasteiger partial charge in [0.05, 0.1) is 0 Å². The molecule has 0 radical (unpaired) electrons.